The average Bonchev–Trinajstić information content (AvgIpc) is 2.20. The second kappa shape index (κ2) is 5.29. The molecule has 14 heavy (non-hydrogen) atoms. The molecule has 0 saturated carbocycles. The first-order chi connectivity index (χ1) is 6.79. The fourth-order valence-electron chi connectivity index (χ4n) is 1.23. The van der Waals surface area contributed by atoms with Gasteiger partial charge in [0, 0.05) is 5.56 Å². The van der Waals surface area contributed by atoms with E-state index >= 15 is 0 Å². The molecule has 0 amide bonds. The first-order valence-corrected chi connectivity index (χ1v) is 4.40. The zero-order valence-electron chi connectivity index (χ0n) is 8.10. The summed E-state index contributed by atoms with van der Waals surface area (Å²) >= 11 is 0. The van der Waals surface area contributed by atoms with Crippen LogP contribution in [0, 0.1) is 0 Å². The molecule has 0 fully saturated rings. The number of rotatable bonds is 4. The molecule has 0 aliphatic heterocycles. The van der Waals surface area contributed by atoms with E-state index in [0.29, 0.717) is 12.2 Å². The lowest BCUT2D eigenvalue weighted by atomic mass is 10.1. The Morgan fingerprint density at radius 2 is 2.14 bits per heavy atom. The summed E-state index contributed by atoms with van der Waals surface area (Å²) in [4.78, 5) is 0. The molecule has 1 aromatic carbocycles. The molecule has 0 heterocycles. The number of aliphatic hydroxyl groups is 1. The molecular formula is C11H14O3. The third kappa shape index (κ3) is 2.50. The highest BCUT2D eigenvalue weighted by Crippen LogP contribution is 2.27. The summed E-state index contributed by atoms with van der Waals surface area (Å²) < 4.78 is 5.10. The van der Waals surface area contributed by atoms with Crippen LogP contribution in [0.5, 0.6) is 11.5 Å². The van der Waals surface area contributed by atoms with Crippen LogP contribution in [0.3, 0.4) is 0 Å². The number of hydrogen-bond donors (Lipinski definition) is 2. The summed E-state index contributed by atoms with van der Waals surface area (Å²) in [5.74, 6) is 0.875. The quantitative estimate of drug-likeness (QED) is 0.714. The number of benzene rings is 1. The molecule has 0 unspecified atom stereocenters. The van der Waals surface area contributed by atoms with Gasteiger partial charge in [-0.05, 0) is 18.6 Å². The van der Waals surface area contributed by atoms with Gasteiger partial charge in [0.25, 0.3) is 0 Å². The van der Waals surface area contributed by atoms with E-state index in [1.165, 1.54) is 0 Å². The highest BCUT2D eigenvalue weighted by Gasteiger charge is 2.05. The van der Waals surface area contributed by atoms with Gasteiger partial charge in [0.1, 0.15) is 11.5 Å². The maximum atomic E-state index is 9.55. The van der Waals surface area contributed by atoms with Gasteiger partial charge in [0.05, 0.1) is 13.7 Å². The van der Waals surface area contributed by atoms with E-state index in [4.69, 9.17) is 9.84 Å². The van der Waals surface area contributed by atoms with Gasteiger partial charge < -0.3 is 14.9 Å². The number of ether oxygens (including phenoxy) is 1. The number of hydrogen-bond acceptors (Lipinski definition) is 3. The summed E-state index contributed by atoms with van der Waals surface area (Å²) in [6.45, 7) is 0.00983. The van der Waals surface area contributed by atoms with Crippen molar-refractivity contribution in [2.75, 3.05) is 13.7 Å². The predicted octanol–water partition coefficient (Wildman–Crippen LogP) is 1.49. The van der Waals surface area contributed by atoms with E-state index in [0.717, 1.165) is 5.56 Å². The maximum absolute atomic E-state index is 9.55. The van der Waals surface area contributed by atoms with Crippen LogP contribution in [0.25, 0.3) is 0 Å². The standard InChI is InChI=1S/C11H14O3/c1-14-11-7-4-6-10(13)9(11)5-2-3-8-12/h2-4,6-7,12-13H,5,8H2,1H3/b3-2+. The van der Waals surface area contributed by atoms with Crippen LogP contribution in [0.1, 0.15) is 5.56 Å². The lowest BCUT2D eigenvalue weighted by Crippen LogP contribution is -1.91. The molecule has 1 rings (SSSR count). The van der Waals surface area contributed by atoms with Crippen LogP contribution in [0.2, 0.25) is 0 Å². The van der Waals surface area contributed by atoms with Crippen molar-refractivity contribution in [1.29, 1.82) is 0 Å². The van der Waals surface area contributed by atoms with E-state index in [1.807, 2.05) is 0 Å². The van der Waals surface area contributed by atoms with Crippen molar-refractivity contribution < 1.29 is 14.9 Å². The second-order valence-corrected chi connectivity index (χ2v) is 2.82. The van der Waals surface area contributed by atoms with Crippen LogP contribution in [-0.2, 0) is 6.42 Å². The van der Waals surface area contributed by atoms with E-state index in [2.05, 4.69) is 0 Å². The third-order valence-corrected chi connectivity index (χ3v) is 1.92. The largest absolute Gasteiger partial charge is 0.508 e. The van der Waals surface area contributed by atoms with Gasteiger partial charge in [-0.15, -0.1) is 0 Å². The molecule has 0 radical (unpaired) electrons. The Labute approximate surface area is 83.3 Å². The maximum Gasteiger partial charge on any atom is 0.126 e. The minimum atomic E-state index is 0.00983. The molecular weight excluding hydrogens is 180 g/mol. The molecule has 0 bridgehead atoms. The second-order valence-electron chi connectivity index (χ2n) is 2.82. The number of phenolic OH excluding ortho intramolecular Hbond substituents is 1. The molecule has 3 nitrogen and oxygen atoms in total. The monoisotopic (exact) mass is 194 g/mol. The van der Waals surface area contributed by atoms with E-state index in [-0.39, 0.29) is 12.4 Å². The van der Waals surface area contributed by atoms with Crippen molar-refractivity contribution in [1.82, 2.24) is 0 Å². The summed E-state index contributed by atoms with van der Waals surface area (Å²) in [7, 11) is 1.56. The molecule has 1 aromatic rings. The molecule has 0 aliphatic rings. The molecule has 0 aliphatic carbocycles. The molecule has 3 heteroatoms. The fourth-order valence-corrected chi connectivity index (χ4v) is 1.23. The lowest BCUT2D eigenvalue weighted by molar-refractivity contribution is 0.342. The van der Waals surface area contributed by atoms with Crippen LogP contribution in [0.15, 0.2) is 30.4 Å². The molecule has 0 saturated heterocycles. The molecule has 0 spiro atoms. The normalized spacial score (nSPS) is 10.7. The van der Waals surface area contributed by atoms with Crippen LogP contribution < -0.4 is 4.74 Å². The van der Waals surface area contributed by atoms with E-state index < -0.39 is 0 Å². The first kappa shape index (κ1) is 10.6. The van der Waals surface area contributed by atoms with Crippen molar-refractivity contribution >= 4 is 0 Å². The lowest BCUT2D eigenvalue weighted by Gasteiger charge is -2.07. The number of allylic oxidation sites excluding steroid dienone is 1. The summed E-state index contributed by atoms with van der Waals surface area (Å²) in [6.07, 6.45) is 3.97. The summed E-state index contributed by atoms with van der Waals surface area (Å²) in [5.41, 5.74) is 0.736. The smallest absolute Gasteiger partial charge is 0.126 e. The van der Waals surface area contributed by atoms with Gasteiger partial charge in [0.2, 0.25) is 0 Å². The number of methoxy groups -OCH3 is 1. The SMILES string of the molecule is COc1cccc(O)c1C/C=C/CO. The zero-order chi connectivity index (χ0) is 10.4. The topological polar surface area (TPSA) is 49.7 Å². The van der Waals surface area contributed by atoms with Gasteiger partial charge in [-0.1, -0.05) is 18.2 Å². The van der Waals surface area contributed by atoms with Crippen LogP contribution in [-0.4, -0.2) is 23.9 Å². The number of aromatic hydroxyl groups is 1. The molecule has 0 aromatic heterocycles. The van der Waals surface area contributed by atoms with Gasteiger partial charge in [-0.25, -0.2) is 0 Å². The fraction of sp³-hybridized carbons (Fsp3) is 0.273. The average molecular weight is 194 g/mol. The first-order valence-electron chi connectivity index (χ1n) is 4.40. The van der Waals surface area contributed by atoms with Crippen LogP contribution >= 0.6 is 0 Å². The Bertz CT molecular complexity index is 318. The Morgan fingerprint density at radius 3 is 2.79 bits per heavy atom. The molecule has 0 atom stereocenters. The Hall–Kier alpha value is -1.48. The van der Waals surface area contributed by atoms with Crippen molar-refractivity contribution in [2.24, 2.45) is 0 Å². The van der Waals surface area contributed by atoms with Gasteiger partial charge in [0.15, 0.2) is 0 Å². The Kier molecular flexibility index (Phi) is 4.01. The Balaban J connectivity index is 2.87. The van der Waals surface area contributed by atoms with E-state index in [1.54, 1.807) is 37.5 Å². The minimum absolute atomic E-state index is 0.00983. The summed E-state index contributed by atoms with van der Waals surface area (Å²) in [5, 5.41) is 18.1. The molecule has 2 N–H and O–H groups in total. The van der Waals surface area contributed by atoms with E-state index in [9.17, 15) is 5.11 Å². The highest BCUT2D eigenvalue weighted by molar-refractivity contribution is 5.44. The van der Waals surface area contributed by atoms with Crippen molar-refractivity contribution in [3.05, 3.63) is 35.9 Å². The molecule has 76 valence electrons. The van der Waals surface area contributed by atoms with Crippen molar-refractivity contribution in [3.8, 4) is 11.5 Å². The summed E-state index contributed by atoms with van der Waals surface area (Å²) in [6, 6.07) is 5.14. The minimum Gasteiger partial charge on any atom is -0.508 e. The van der Waals surface area contributed by atoms with Crippen molar-refractivity contribution in [3.63, 3.8) is 0 Å². The zero-order valence-corrected chi connectivity index (χ0v) is 8.10. The number of phenols is 1. The Morgan fingerprint density at radius 1 is 1.36 bits per heavy atom. The van der Waals surface area contributed by atoms with Crippen LogP contribution in [0.4, 0.5) is 0 Å². The van der Waals surface area contributed by atoms with Gasteiger partial charge >= 0.3 is 0 Å². The predicted molar refractivity (Wildman–Crippen MR) is 54.6 cm³/mol. The van der Waals surface area contributed by atoms with Gasteiger partial charge in [-0.3, -0.25) is 0 Å². The number of aliphatic hydroxyl groups excluding tert-OH is 1. The third-order valence-electron chi connectivity index (χ3n) is 1.92. The van der Waals surface area contributed by atoms with Crippen molar-refractivity contribution in [2.45, 2.75) is 6.42 Å². The highest BCUT2D eigenvalue weighted by atomic mass is 16.5. The van der Waals surface area contributed by atoms with Gasteiger partial charge in [-0.2, -0.15) is 0 Å².